The zero-order valence-corrected chi connectivity index (χ0v) is 18.9. The smallest absolute Gasteiger partial charge is 0.258 e. The van der Waals surface area contributed by atoms with E-state index < -0.39 is 10.0 Å². The van der Waals surface area contributed by atoms with Gasteiger partial charge in [-0.2, -0.15) is 0 Å². The Morgan fingerprint density at radius 3 is 2.56 bits per heavy atom. The number of rotatable bonds is 6. The van der Waals surface area contributed by atoms with E-state index in [-0.39, 0.29) is 29.6 Å². The number of halogens is 1. The van der Waals surface area contributed by atoms with Crippen molar-refractivity contribution in [2.24, 2.45) is 0 Å². The number of pyridine rings is 1. The van der Waals surface area contributed by atoms with Crippen LogP contribution in [-0.2, 0) is 29.4 Å². The number of hydrogen-bond donors (Lipinski definition) is 1. The van der Waals surface area contributed by atoms with Gasteiger partial charge in [-0.25, -0.2) is 17.1 Å². The molecule has 1 aliphatic heterocycles. The first-order valence-corrected chi connectivity index (χ1v) is 12.0. The zero-order valence-electron chi connectivity index (χ0n) is 18.1. The van der Waals surface area contributed by atoms with Gasteiger partial charge < -0.3 is 10.0 Å². The quantitative estimate of drug-likeness (QED) is 0.615. The van der Waals surface area contributed by atoms with Gasteiger partial charge in [0.15, 0.2) is 5.75 Å². The summed E-state index contributed by atoms with van der Waals surface area (Å²) in [5, 5.41) is 11.5. The summed E-state index contributed by atoms with van der Waals surface area (Å²) in [5.41, 5.74) is 3.81. The molecule has 0 fully saturated rings. The molecule has 0 aliphatic carbocycles. The minimum absolute atomic E-state index is 0.155. The first-order chi connectivity index (χ1) is 15.1. The fourth-order valence-electron chi connectivity index (χ4n) is 4.06. The van der Waals surface area contributed by atoms with Gasteiger partial charge in [-0.15, -0.1) is 0 Å². The standard InChI is InChI=1S/C23H24FN3O4S/c1-26-13-19-17(8-9-27(2)32(3,30)31)18-11-15(10-14-4-6-16(24)7-5-14)12-25-21(18)22(28)20(19)23(26)29/h4-7,11-12,28H,8-10,13H2,1-3H3. The Morgan fingerprint density at radius 2 is 1.91 bits per heavy atom. The van der Waals surface area contributed by atoms with Crippen LogP contribution in [0.2, 0.25) is 0 Å². The molecule has 3 aromatic rings. The SMILES string of the molecule is CN1Cc2c(c(O)c3ncc(Cc4ccc(F)cc4)cc3c2CCN(C)S(C)(=O)=O)C1=O. The van der Waals surface area contributed by atoms with Crippen LogP contribution in [-0.4, -0.2) is 60.5 Å². The second kappa shape index (κ2) is 8.14. The Kier molecular flexibility index (Phi) is 5.64. The number of aromatic hydroxyl groups is 1. The zero-order chi connectivity index (χ0) is 23.2. The van der Waals surface area contributed by atoms with Gasteiger partial charge in [0.1, 0.15) is 11.3 Å². The predicted octanol–water partition coefficient (Wildman–Crippen LogP) is 2.69. The van der Waals surface area contributed by atoms with Crippen molar-refractivity contribution < 1.29 is 22.7 Å². The number of phenolic OH excluding ortho intramolecular Hbond substituents is 1. The number of fused-ring (bicyclic) bond motifs is 2. The minimum atomic E-state index is -3.36. The van der Waals surface area contributed by atoms with Crippen LogP contribution >= 0.6 is 0 Å². The lowest BCUT2D eigenvalue weighted by molar-refractivity contribution is 0.0814. The summed E-state index contributed by atoms with van der Waals surface area (Å²) in [6, 6.07) is 8.11. The maximum Gasteiger partial charge on any atom is 0.258 e. The van der Waals surface area contributed by atoms with Gasteiger partial charge in [-0.1, -0.05) is 12.1 Å². The second-order valence-corrected chi connectivity index (χ2v) is 10.3. The van der Waals surface area contributed by atoms with Gasteiger partial charge in [0.05, 0.1) is 11.8 Å². The number of carbonyl (C=O) groups excluding carboxylic acids is 1. The van der Waals surface area contributed by atoms with Gasteiger partial charge in [0, 0.05) is 38.8 Å². The van der Waals surface area contributed by atoms with Crippen molar-refractivity contribution in [3.05, 3.63) is 70.2 Å². The van der Waals surface area contributed by atoms with Crippen LogP contribution in [0.1, 0.15) is 32.6 Å². The molecule has 0 spiro atoms. The average Bonchev–Trinajstić information content (AvgIpc) is 3.03. The number of aromatic nitrogens is 1. The van der Waals surface area contributed by atoms with E-state index >= 15 is 0 Å². The molecule has 7 nitrogen and oxygen atoms in total. The molecule has 4 rings (SSSR count). The number of likely N-dealkylation sites (N-methyl/N-ethyl adjacent to an activating group) is 1. The van der Waals surface area contributed by atoms with Gasteiger partial charge >= 0.3 is 0 Å². The highest BCUT2D eigenvalue weighted by Crippen LogP contribution is 2.39. The van der Waals surface area contributed by atoms with E-state index in [1.165, 1.54) is 28.4 Å². The van der Waals surface area contributed by atoms with Crippen molar-refractivity contribution in [3.8, 4) is 5.75 Å². The van der Waals surface area contributed by atoms with E-state index in [1.54, 1.807) is 25.4 Å². The monoisotopic (exact) mass is 457 g/mol. The van der Waals surface area contributed by atoms with E-state index in [9.17, 15) is 22.7 Å². The largest absolute Gasteiger partial charge is 0.505 e. The Balaban J connectivity index is 1.83. The molecule has 0 bridgehead atoms. The van der Waals surface area contributed by atoms with Crippen molar-refractivity contribution in [2.75, 3.05) is 26.9 Å². The normalized spacial score (nSPS) is 13.9. The molecular formula is C23H24FN3O4S. The van der Waals surface area contributed by atoms with Crippen LogP contribution < -0.4 is 0 Å². The molecule has 0 atom stereocenters. The molecule has 168 valence electrons. The number of hydrogen-bond acceptors (Lipinski definition) is 5. The Labute approximate surface area is 186 Å². The Bertz CT molecular complexity index is 1320. The van der Waals surface area contributed by atoms with Gasteiger partial charge in [-0.3, -0.25) is 9.78 Å². The number of nitrogens with zero attached hydrogens (tertiary/aromatic N) is 3. The van der Waals surface area contributed by atoms with Crippen molar-refractivity contribution >= 4 is 26.8 Å². The molecular weight excluding hydrogens is 433 g/mol. The molecule has 0 saturated heterocycles. The van der Waals surface area contributed by atoms with Crippen LogP contribution in [0.15, 0.2) is 36.5 Å². The highest BCUT2D eigenvalue weighted by molar-refractivity contribution is 7.88. The van der Waals surface area contributed by atoms with Crippen molar-refractivity contribution in [1.29, 1.82) is 0 Å². The lowest BCUT2D eigenvalue weighted by Crippen LogP contribution is -2.28. The summed E-state index contributed by atoms with van der Waals surface area (Å²) in [5.74, 6) is -0.746. The van der Waals surface area contributed by atoms with Crippen molar-refractivity contribution in [3.63, 3.8) is 0 Å². The molecule has 2 heterocycles. The summed E-state index contributed by atoms with van der Waals surface area (Å²) >= 11 is 0. The highest BCUT2D eigenvalue weighted by Gasteiger charge is 2.33. The summed E-state index contributed by atoms with van der Waals surface area (Å²) in [7, 11) is -0.196. The Morgan fingerprint density at radius 1 is 1.22 bits per heavy atom. The number of phenols is 1. The van der Waals surface area contributed by atoms with Crippen molar-refractivity contribution in [1.82, 2.24) is 14.2 Å². The van der Waals surface area contributed by atoms with E-state index in [4.69, 9.17) is 0 Å². The van der Waals surface area contributed by atoms with E-state index in [0.29, 0.717) is 35.9 Å². The molecule has 1 aromatic heterocycles. The summed E-state index contributed by atoms with van der Waals surface area (Å²) in [6.45, 7) is 0.559. The number of sulfonamides is 1. The number of carbonyl (C=O) groups is 1. The molecule has 1 aliphatic rings. The lowest BCUT2D eigenvalue weighted by atomic mass is 9.93. The predicted molar refractivity (Wildman–Crippen MR) is 120 cm³/mol. The third kappa shape index (κ3) is 4.05. The average molecular weight is 458 g/mol. The summed E-state index contributed by atoms with van der Waals surface area (Å²) in [4.78, 5) is 18.6. The third-order valence-corrected chi connectivity index (χ3v) is 7.23. The molecule has 1 amide bonds. The van der Waals surface area contributed by atoms with E-state index in [2.05, 4.69) is 4.98 Å². The van der Waals surface area contributed by atoms with Crippen LogP contribution in [0.3, 0.4) is 0 Å². The van der Waals surface area contributed by atoms with Crippen LogP contribution in [0.5, 0.6) is 5.75 Å². The third-order valence-electron chi connectivity index (χ3n) is 5.92. The van der Waals surface area contributed by atoms with Gasteiger partial charge in [-0.05, 0) is 53.3 Å². The van der Waals surface area contributed by atoms with Crippen LogP contribution in [0.25, 0.3) is 10.9 Å². The van der Waals surface area contributed by atoms with Crippen molar-refractivity contribution in [2.45, 2.75) is 19.4 Å². The minimum Gasteiger partial charge on any atom is -0.505 e. The fourth-order valence-corrected chi connectivity index (χ4v) is 4.48. The van der Waals surface area contributed by atoms with Crippen LogP contribution in [0.4, 0.5) is 4.39 Å². The maximum absolute atomic E-state index is 13.2. The van der Waals surface area contributed by atoms with Gasteiger partial charge in [0.25, 0.3) is 5.91 Å². The fraction of sp³-hybridized carbons (Fsp3) is 0.304. The maximum atomic E-state index is 13.2. The number of benzene rings is 2. The molecule has 9 heteroatoms. The first kappa shape index (κ1) is 22.2. The van der Waals surface area contributed by atoms with E-state index in [1.807, 2.05) is 6.07 Å². The van der Waals surface area contributed by atoms with Crippen LogP contribution in [0, 0.1) is 5.82 Å². The number of amides is 1. The molecule has 0 radical (unpaired) electrons. The first-order valence-electron chi connectivity index (χ1n) is 10.1. The molecule has 32 heavy (non-hydrogen) atoms. The molecule has 2 aromatic carbocycles. The topological polar surface area (TPSA) is 90.8 Å². The molecule has 0 saturated carbocycles. The summed E-state index contributed by atoms with van der Waals surface area (Å²) in [6.07, 6.45) is 3.66. The highest BCUT2D eigenvalue weighted by atomic mass is 32.2. The molecule has 1 N–H and O–H groups in total. The Hall–Kier alpha value is -3.04. The van der Waals surface area contributed by atoms with E-state index in [0.717, 1.165) is 22.9 Å². The summed E-state index contributed by atoms with van der Waals surface area (Å²) < 4.78 is 38.2. The molecule has 0 unspecified atom stereocenters. The lowest BCUT2D eigenvalue weighted by Gasteiger charge is -2.18. The van der Waals surface area contributed by atoms with Gasteiger partial charge in [0.2, 0.25) is 10.0 Å². The second-order valence-electron chi connectivity index (χ2n) is 8.22.